The molecule has 1 heterocycles. The van der Waals surface area contributed by atoms with Crippen molar-refractivity contribution in [3.63, 3.8) is 0 Å². The topological polar surface area (TPSA) is 64.9 Å². The summed E-state index contributed by atoms with van der Waals surface area (Å²) in [4.78, 5) is 0. The summed E-state index contributed by atoms with van der Waals surface area (Å²) in [6.07, 6.45) is 5.64. The Bertz CT molecular complexity index is 871. The molecule has 0 atom stereocenters. The summed E-state index contributed by atoms with van der Waals surface area (Å²) in [5.74, 6) is 1.63. The maximum Gasteiger partial charge on any atom is 0.176 e. The van der Waals surface area contributed by atoms with E-state index in [0.717, 1.165) is 36.6 Å². The third-order valence-corrected chi connectivity index (χ3v) is 5.39. The van der Waals surface area contributed by atoms with Crippen molar-refractivity contribution in [2.45, 2.75) is 44.2 Å². The highest BCUT2D eigenvalue weighted by atomic mass is 16.5. The molecule has 3 aromatic rings. The van der Waals surface area contributed by atoms with Crippen molar-refractivity contribution < 1.29 is 4.74 Å². The van der Waals surface area contributed by atoms with Crippen LogP contribution in [0.15, 0.2) is 54.6 Å². The summed E-state index contributed by atoms with van der Waals surface area (Å²) >= 11 is 0. The Balaban J connectivity index is 1.70. The second-order valence-electron chi connectivity index (χ2n) is 7.07. The normalized spacial score (nSPS) is 16.2. The van der Waals surface area contributed by atoms with E-state index in [1.54, 1.807) is 7.11 Å². The van der Waals surface area contributed by atoms with Gasteiger partial charge < -0.3 is 10.1 Å². The zero-order valence-corrected chi connectivity index (χ0v) is 15.6. The van der Waals surface area contributed by atoms with Gasteiger partial charge in [-0.05, 0) is 41.0 Å². The van der Waals surface area contributed by atoms with Crippen LogP contribution in [0.5, 0.6) is 5.75 Å². The number of nitrogens with one attached hydrogen (secondary N) is 1. The Hall–Kier alpha value is -2.73. The SMILES string of the molecule is COc1ccccc1-n1nnnc1C1(NCc2ccccc2)CCCCC1. The van der Waals surface area contributed by atoms with Crippen molar-refractivity contribution in [3.05, 3.63) is 66.0 Å². The van der Waals surface area contributed by atoms with Gasteiger partial charge in [0.05, 0.1) is 12.6 Å². The van der Waals surface area contributed by atoms with E-state index in [0.29, 0.717) is 0 Å². The van der Waals surface area contributed by atoms with Crippen LogP contribution in [0.2, 0.25) is 0 Å². The smallest absolute Gasteiger partial charge is 0.176 e. The van der Waals surface area contributed by atoms with Gasteiger partial charge in [-0.2, -0.15) is 4.68 Å². The lowest BCUT2D eigenvalue weighted by Gasteiger charge is -2.37. The summed E-state index contributed by atoms with van der Waals surface area (Å²) in [5.41, 5.74) is 1.89. The quantitative estimate of drug-likeness (QED) is 0.725. The summed E-state index contributed by atoms with van der Waals surface area (Å²) < 4.78 is 7.37. The molecule has 0 amide bonds. The first-order valence-electron chi connectivity index (χ1n) is 9.54. The van der Waals surface area contributed by atoms with Gasteiger partial charge in [0, 0.05) is 6.54 Å². The van der Waals surface area contributed by atoms with Gasteiger partial charge in [-0.3, -0.25) is 0 Å². The summed E-state index contributed by atoms with van der Waals surface area (Å²) in [5, 5.41) is 16.6. The molecule has 0 spiro atoms. The van der Waals surface area contributed by atoms with Crippen LogP contribution in [0, 0.1) is 0 Å². The molecule has 0 radical (unpaired) electrons. The molecule has 140 valence electrons. The average molecular weight is 363 g/mol. The number of hydrogen-bond donors (Lipinski definition) is 1. The lowest BCUT2D eigenvalue weighted by atomic mass is 9.80. The van der Waals surface area contributed by atoms with Crippen molar-refractivity contribution in [2.75, 3.05) is 7.11 Å². The van der Waals surface area contributed by atoms with Gasteiger partial charge in [-0.25, -0.2) is 0 Å². The first kappa shape index (κ1) is 17.7. The zero-order valence-electron chi connectivity index (χ0n) is 15.6. The molecule has 1 fully saturated rings. The minimum absolute atomic E-state index is 0.238. The number of hydrogen-bond acceptors (Lipinski definition) is 5. The maximum atomic E-state index is 5.54. The molecule has 0 unspecified atom stereocenters. The highest BCUT2D eigenvalue weighted by molar-refractivity contribution is 5.46. The second kappa shape index (κ2) is 7.88. The van der Waals surface area contributed by atoms with Gasteiger partial charge in [0.1, 0.15) is 11.4 Å². The van der Waals surface area contributed by atoms with Crippen molar-refractivity contribution >= 4 is 0 Å². The monoisotopic (exact) mass is 363 g/mol. The third-order valence-electron chi connectivity index (χ3n) is 5.39. The summed E-state index contributed by atoms with van der Waals surface area (Å²) in [7, 11) is 1.67. The van der Waals surface area contributed by atoms with Crippen LogP contribution in [0.4, 0.5) is 0 Å². The first-order valence-corrected chi connectivity index (χ1v) is 9.54. The number of methoxy groups -OCH3 is 1. The third kappa shape index (κ3) is 3.57. The van der Waals surface area contributed by atoms with E-state index in [4.69, 9.17) is 4.74 Å². The number of para-hydroxylation sites is 2. The van der Waals surface area contributed by atoms with E-state index in [2.05, 4.69) is 45.1 Å². The Morgan fingerprint density at radius 3 is 2.52 bits per heavy atom. The number of ether oxygens (including phenoxy) is 1. The number of rotatable bonds is 6. The molecule has 1 aromatic heterocycles. The average Bonchev–Trinajstić information content (AvgIpc) is 3.24. The summed E-state index contributed by atoms with van der Waals surface area (Å²) in [6, 6.07) is 18.3. The van der Waals surface area contributed by atoms with E-state index in [1.807, 2.05) is 35.0 Å². The molecular formula is C21H25N5O. The minimum Gasteiger partial charge on any atom is -0.494 e. The van der Waals surface area contributed by atoms with E-state index >= 15 is 0 Å². The van der Waals surface area contributed by atoms with Gasteiger partial charge in [0.25, 0.3) is 0 Å². The molecule has 4 rings (SSSR count). The molecule has 1 aliphatic carbocycles. The van der Waals surface area contributed by atoms with E-state index in [-0.39, 0.29) is 5.54 Å². The molecule has 1 saturated carbocycles. The largest absolute Gasteiger partial charge is 0.494 e. The highest BCUT2D eigenvalue weighted by Gasteiger charge is 2.39. The van der Waals surface area contributed by atoms with Crippen molar-refractivity contribution in [1.82, 2.24) is 25.5 Å². The highest BCUT2D eigenvalue weighted by Crippen LogP contribution is 2.37. The van der Waals surface area contributed by atoms with Crippen LogP contribution in [-0.2, 0) is 12.1 Å². The fourth-order valence-corrected chi connectivity index (χ4v) is 3.95. The number of benzene rings is 2. The van der Waals surface area contributed by atoms with Gasteiger partial charge >= 0.3 is 0 Å². The molecule has 6 heteroatoms. The van der Waals surface area contributed by atoms with Crippen molar-refractivity contribution in [2.24, 2.45) is 0 Å². The number of nitrogens with zero attached hydrogens (tertiary/aromatic N) is 4. The van der Waals surface area contributed by atoms with E-state index < -0.39 is 0 Å². The molecular weight excluding hydrogens is 338 g/mol. The zero-order chi connectivity index (χ0) is 18.5. The van der Waals surface area contributed by atoms with E-state index in [1.165, 1.54) is 24.8 Å². The van der Waals surface area contributed by atoms with Crippen LogP contribution in [0.25, 0.3) is 5.69 Å². The fourth-order valence-electron chi connectivity index (χ4n) is 3.95. The van der Waals surface area contributed by atoms with Crippen LogP contribution < -0.4 is 10.1 Å². The predicted molar refractivity (Wildman–Crippen MR) is 104 cm³/mol. The molecule has 27 heavy (non-hydrogen) atoms. The Morgan fingerprint density at radius 2 is 1.74 bits per heavy atom. The predicted octanol–water partition coefficient (Wildman–Crippen LogP) is 3.62. The van der Waals surface area contributed by atoms with Gasteiger partial charge in [-0.15, -0.1) is 5.10 Å². The molecule has 0 aliphatic heterocycles. The van der Waals surface area contributed by atoms with Gasteiger partial charge in [-0.1, -0.05) is 61.7 Å². The molecule has 2 aromatic carbocycles. The Morgan fingerprint density at radius 1 is 1.00 bits per heavy atom. The first-order chi connectivity index (χ1) is 13.3. The number of aromatic nitrogens is 4. The van der Waals surface area contributed by atoms with E-state index in [9.17, 15) is 0 Å². The fraction of sp³-hybridized carbons (Fsp3) is 0.381. The molecule has 6 nitrogen and oxygen atoms in total. The minimum atomic E-state index is -0.238. The standard InChI is InChI=1S/C21H25N5O/c1-27-19-13-7-6-12-18(19)26-20(23-24-25-26)21(14-8-3-9-15-21)22-16-17-10-4-2-5-11-17/h2,4-7,10-13,22H,3,8-9,14-16H2,1H3. The van der Waals surface area contributed by atoms with Crippen LogP contribution in [0.1, 0.15) is 43.5 Å². The van der Waals surface area contributed by atoms with Crippen LogP contribution in [0.3, 0.4) is 0 Å². The molecule has 0 saturated heterocycles. The second-order valence-corrected chi connectivity index (χ2v) is 7.07. The number of tetrazole rings is 1. The van der Waals surface area contributed by atoms with Gasteiger partial charge in [0.15, 0.2) is 5.82 Å². The molecule has 1 aliphatic rings. The summed E-state index contributed by atoms with van der Waals surface area (Å²) in [6.45, 7) is 0.791. The molecule has 1 N–H and O–H groups in total. The lowest BCUT2D eigenvalue weighted by Crippen LogP contribution is -2.45. The van der Waals surface area contributed by atoms with Gasteiger partial charge in [0.2, 0.25) is 0 Å². The van der Waals surface area contributed by atoms with Crippen LogP contribution in [-0.4, -0.2) is 27.3 Å². The Kier molecular flexibility index (Phi) is 5.16. The molecule has 0 bridgehead atoms. The van der Waals surface area contributed by atoms with Crippen LogP contribution >= 0.6 is 0 Å². The van der Waals surface area contributed by atoms with Crippen molar-refractivity contribution in [3.8, 4) is 11.4 Å². The Labute approximate surface area is 159 Å². The maximum absolute atomic E-state index is 5.54. The van der Waals surface area contributed by atoms with Crippen molar-refractivity contribution in [1.29, 1.82) is 0 Å². The lowest BCUT2D eigenvalue weighted by molar-refractivity contribution is 0.213.